The zero-order chi connectivity index (χ0) is 10.7. The number of methoxy groups -OCH3 is 1. The van der Waals surface area contributed by atoms with Crippen molar-refractivity contribution < 1.29 is 13.5 Å². The number of hydrogen-bond donors (Lipinski definition) is 1. The van der Waals surface area contributed by atoms with Crippen LogP contribution in [0.2, 0.25) is 0 Å². The van der Waals surface area contributed by atoms with Crippen LogP contribution in [-0.2, 0) is 0 Å². The van der Waals surface area contributed by atoms with Gasteiger partial charge in [0.05, 0.1) is 13.2 Å². The Bertz CT molecular complexity index is 320. The van der Waals surface area contributed by atoms with Crippen LogP contribution in [0.3, 0.4) is 0 Å². The highest BCUT2D eigenvalue weighted by Crippen LogP contribution is 2.30. The van der Waals surface area contributed by atoms with Gasteiger partial charge < -0.3 is 10.5 Å². The third kappa shape index (κ3) is 2.42. The van der Waals surface area contributed by atoms with E-state index in [9.17, 15) is 8.78 Å². The van der Waals surface area contributed by atoms with Crippen molar-refractivity contribution in [2.24, 2.45) is 5.73 Å². The molecule has 1 atom stereocenters. The van der Waals surface area contributed by atoms with E-state index in [1.165, 1.54) is 13.2 Å². The molecule has 0 aliphatic carbocycles. The highest BCUT2D eigenvalue weighted by Gasteiger charge is 2.21. The van der Waals surface area contributed by atoms with Crippen molar-refractivity contribution in [3.8, 4) is 5.75 Å². The Balaban J connectivity index is 3.10. The second-order valence-electron chi connectivity index (χ2n) is 2.75. The maximum atomic E-state index is 12.4. The molecule has 0 saturated heterocycles. The first-order chi connectivity index (χ1) is 6.56. The fraction of sp³-hybridized carbons (Fsp3) is 0.333. The van der Waals surface area contributed by atoms with Crippen LogP contribution < -0.4 is 10.5 Å². The lowest BCUT2D eigenvalue weighted by atomic mass is 10.1. The number of alkyl halides is 2. The standard InChI is InChI=1S/C9H10BrF2NO/c1-14-7-3-2-5(10)4-6(7)8(13)9(11)12/h2-4,8-9H,13H2,1H3. The summed E-state index contributed by atoms with van der Waals surface area (Å²) in [5.41, 5.74) is 5.63. The quantitative estimate of drug-likeness (QED) is 0.912. The summed E-state index contributed by atoms with van der Waals surface area (Å²) < 4.78 is 30.4. The molecule has 1 aromatic rings. The molecular formula is C9H10BrF2NO. The van der Waals surface area contributed by atoms with Crippen molar-refractivity contribution >= 4 is 15.9 Å². The van der Waals surface area contributed by atoms with Crippen molar-refractivity contribution in [1.82, 2.24) is 0 Å². The van der Waals surface area contributed by atoms with Crippen molar-refractivity contribution in [2.45, 2.75) is 12.5 Å². The second-order valence-corrected chi connectivity index (χ2v) is 3.66. The normalized spacial score (nSPS) is 13.0. The lowest BCUT2D eigenvalue weighted by molar-refractivity contribution is 0.115. The molecule has 0 saturated carbocycles. The van der Waals surface area contributed by atoms with Crippen LogP contribution in [0.4, 0.5) is 8.78 Å². The molecule has 0 spiro atoms. The first-order valence-corrected chi connectivity index (χ1v) is 4.72. The van der Waals surface area contributed by atoms with Crippen LogP contribution in [0.15, 0.2) is 22.7 Å². The fourth-order valence-electron chi connectivity index (χ4n) is 1.10. The summed E-state index contributed by atoms with van der Waals surface area (Å²) >= 11 is 3.19. The Labute approximate surface area is 89.2 Å². The number of benzene rings is 1. The van der Waals surface area contributed by atoms with Crippen molar-refractivity contribution in [1.29, 1.82) is 0 Å². The molecule has 0 heterocycles. The molecule has 0 amide bonds. The Morgan fingerprint density at radius 1 is 1.43 bits per heavy atom. The van der Waals surface area contributed by atoms with E-state index in [1.807, 2.05) is 0 Å². The zero-order valence-electron chi connectivity index (χ0n) is 7.51. The topological polar surface area (TPSA) is 35.2 Å². The van der Waals surface area contributed by atoms with E-state index < -0.39 is 12.5 Å². The van der Waals surface area contributed by atoms with E-state index in [0.29, 0.717) is 15.8 Å². The molecule has 0 aliphatic rings. The molecule has 0 radical (unpaired) electrons. The summed E-state index contributed by atoms with van der Waals surface area (Å²) in [6, 6.07) is 3.53. The monoisotopic (exact) mass is 265 g/mol. The zero-order valence-corrected chi connectivity index (χ0v) is 9.09. The van der Waals surface area contributed by atoms with Gasteiger partial charge >= 0.3 is 0 Å². The number of halogens is 3. The van der Waals surface area contributed by atoms with E-state index in [1.54, 1.807) is 12.1 Å². The molecule has 0 aliphatic heterocycles. The molecule has 0 fully saturated rings. The Hall–Kier alpha value is -0.680. The largest absolute Gasteiger partial charge is 0.496 e. The highest BCUT2D eigenvalue weighted by atomic mass is 79.9. The maximum Gasteiger partial charge on any atom is 0.257 e. The molecule has 0 bridgehead atoms. The lowest BCUT2D eigenvalue weighted by Gasteiger charge is -2.14. The minimum absolute atomic E-state index is 0.303. The summed E-state index contributed by atoms with van der Waals surface area (Å²) in [7, 11) is 1.42. The molecule has 1 unspecified atom stereocenters. The predicted octanol–water partition coefficient (Wildman–Crippen LogP) is 2.72. The van der Waals surface area contributed by atoms with Crippen molar-refractivity contribution in [2.75, 3.05) is 7.11 Å². The van der Waals surface area contributed by atoms with Gasteiger partial charge in [-0.3, -0.25) is 0 Å². The van der Waals surface area contributed by atoms with Gasteiger partial charge in [-0.25, -0.2) is 8.78 Å². The minimum atomic E-state index is -2.60. The van der Waals surface area contributed by atoms with Crippen LogP contribution in [0, 0.1) is 0 Å². The number of nitrogens with two attached hydrogens (primary N) is 1. The smallest absolute Gasteiger partial charge is 0.257 e. The molecule has 1 rings (SSSR count). The van der Waals surface area contributed by atoms with Gasteiger partial charge in [-0.1, -0.05) is 15.9 Å². The first kappa shape index (κ1) is 11.4. The summed E-state index contributed by atoms with van der Waals surface area (Å²) in [5.74, 6) is 0.376. The SMILES string of the molecule is COc1ccc(Br)cc1C(N)C(F)F. The van der Waals surface area contributed by atoms with E-state index >= 15 is 0 Å². The van der Waals surface area contributed by atoms with Gasteiger partial charge in [0.15, 0.2) is 0 Å². The fourth-order valence-corrected chi connectivity index (χ4v) is 1.48. The Kier molecular flexibility index (Phi) is 3.83. The van der Waals surface area contributed by atoms with E-state index in [2.05, 4.69) is 15.9 Å². The van der Waals surface area contributed by atoms with Gasteiger partial charge in [-0.2, -0.15) is 0 Å². The molecule has 2 N–H and O–H groups in total. The summed E-state index contributed by atoms with van der Waals surface area (Å²) in [4.78, 5) is 0. The molecule has 5 heteroatoms. The third-order valence-corrected chi connectivity index (χ3v) is 2.32. The van der Waals surface area contributed by atoms with Gasteiger partial charge in [-0.05, 0) is 18.2 Å². The maximum absolute atomic E-state index is 12.4. The molecule has 1 aromatic carbocycles. The van der Waals surface area contributed by atoms with Crippen LogP contribution >= 0.6 is 15.9 Å². The molecular weight excluding hydrogens is 256 g/mol. The van der Waals surface area contributed by atoms with Gasteiger partial charge in [0, 0.05) is 10.0 Å². The summed E-state index contributed by atoms with van der Waals surface area (Å²) in [6.45, 7) is 0. The van der Waals surface area contributed by atoms with Gasteiger partial charge in [0.1, 0.15) is 5.75 Å². The number of ether oxygens (including phenoxy) is 1. The molecule has 78 valence electrons. The average molecular weight is 266 g/mol. The van der Waals surface area contributed by atoms with Gasteiger partial charge in [0.25, 0.3) is 6.43 Å². The van der Waals surface area contributed by atoms with Crippen molar-refractivity contribution in [3.05, 3.63) is 28.2 Å². The van der Waals surface area contributed by atoms with Gasteiger partial charge in [0.2, 0.25) is 0 Å². The third-order valence-electron chi connectivity index (χ3n) is 1.82. The minimum Gasteiger partial charge on any atom is -0.496 e. The lowest BCUT2D eigenvalue weighted by Crippen LogP contribution is -2.19. The summed E-state index contributed by atoms with van der Waals surface area (Å²) in [6.07, 6.45) is -2.60. The van der Waals surface area contributed by atoms with E-state index in [4.69, 9.17) is 10.5 Å². The van der Waals surface area contributed by atoms with Crippen LogP contribution in [0.5, 0.6) is 5.75 Å². The number of hydrogen-bond acceptors (Lipinski definition) is 2. The molecule has 0 aromatic heterocycles. The van der Waals surface area contributed by atoms with Crippen LogP contribution in [-0.4, -0.2) is 13.5 Å². The van der Waals surface area contributed by atoms with E-state index in [-0.39, 0.29) is 0 Å². The van der Waals surface area contributed by atoms with Crippen LogP contribution in [0.1, 0.15) is 11.6 Å². The molecule has 2 nitrogen and oxygen atoms in total. The van der Waals surface area contributed by atoms with Gasteiger partial charge in [-0.15, -0.1) is 0 Å². The number of rotatable bonds is 3. The van der Waals surface area contributed by atoms with Crippen LogP contribution in [0.25, 0.3) is 0 Å². The average Bonchev–Trinajstić information content (AvgIpc) is 2.16. The highest BCUT2D eigenvalue weighted by molar-refractivity contribution is 9.10. The second kappa shape index (κ2) is 4.70. The van der Waals surface area contributed by atoms with Crippen molar-refractivity contribution in [3.63, 3.8) is 0 Å². The summed E-state index contributed by atoms with van der Waals surface area (Å²) in [5, 5.41) is 0. The Morgan fingerprint density at radius 2 is 2.07 bits per heavy atom. The van der Waals surface area contributed by atoms with E-state index in [0.717, 1.165) is 0 Å². The predicted molar refractivity (Wildman–Crippen MR) is 53.6 cm³/mol. The Morgan fingerprint density at radius 3 is 2.57 bits per heavy atom. The molecule has 14 heavy (non-hydrogen) atoms. The first-order valence-electron chi connectivity index (χ1n) is 3.93.